The van der Waals surface area contributed by atoms with Crippen LogP contribution in [0, 0.1) is 11.7 Å². The summed E-state index contributed by atoms with van der Waals surface area (Å²) < 4.78 is 16.4. The van der Waals surface area contributed by atoms with Gasteiger partial charge in [0.05, 0.1) is 21.4 Å². The van der Waals surface area contributed by atoms with Crippen molar-refractivity contribution >= 4 is 27.5 Å². The third-order valence-electron chi connectivity index (χ3n) is 6.22. The van der Waals surface area contributed by atoms with Gasteiger partial charge in [0, 0.05) is 50.2 Å². The molecule has 146 valence electrons. The number of hydrogen-bond acceptors (Lipinski definition) is 4. The number of amides is 1. The zero-order chi connectivity index (χ0) is 19.3. The number of carbonyl (C=O) groups is 1. The Bertz CT molecular complexity index is 1030. The van der Waals surface area contributed by atoms with Gasteiger partial charge in [0.25, 0.3) is 0 Å². The van der Waals surface area contributed by atoms with Gasteiger partial charge in [0.1, 0.15) is 5.82 Å². The number of aromatic nitrogens is 3. The molecule has 1 saturated heterocycles. The van der Waals surface area contributed by atoms with Gasteiger partial charge in [-0.25, -0.2) is 9.37 Å². The molecule has 0 bridgehead atoms. The highest BCUT2D eigenvalue weighted by Gasteiger charge is 2.33. The molecule has 2 aliphatic rings. The van der Waals surface area contributed by atoms with Crippen LogP contribution in [-0.2, 0) is 24.7 Å². The fourth-order valence-electron chi connectivity index (χ4n) is 4.55. The van der Waals surface area contributed by atoms with Crippen LogP contribution in [0.3, 0.4) is 0 Å². The summed E-state index contributed by atoms with van der Waals surface area (Å²) in [5, 5.41) is 5.41. The molecule has 0 spiro atoms. The standard InChI is InChI=1S/C21H23FN4OS/c1-25-18-10-14(2-3-15(18)12-23-25)21(27)26-8-6-13(7-9-26)20-24-17-11-16(22)4-5-19(17)28-20/h4-5,11-14H,2-3,6-10H2,1H3. The van der Waals surface area contributed by atoms with Crippen molar-refractivity contribution in [2.24, 2.45) is 13.0 Å². The number of carbonyl (C=O) groups excluding carboxylic acids is 1. The predicted octanol–water partition coefficient (Wildman–Crippen LogP) is 3.68. The van der Waals surface area contributed by atoms with Crippen LogP contribution < -0.4 is 0 Å². The Morgan fingerprint density at radius 2 is 2.07 bits per heavy atom. The van der Waals surface area contributed by atoms with Gasteiger partial charge < -0.3 is 4.90 Å². The van der Waals surface area contributed by atoms with Gasteiger partial charge in [0.2, 0.25) is 5.91 Å². The molecule has 28 heavy (non-hydrogen) atoms. The summed E-state index contributed by atoms with van der Waals surface area (Å²) in [6.45, 7) is 1.56. The number of hydrogen-bond donors (Lipinski definition) is 0. The summed E-state index contributed by atoms with van der Waals surface area (Å²) in [5.74, 6) is 0.481. The lowest BCUT2D eigenvalue weighted by Crippen LogP contribution is -2.42. The third-order valence-corrected chi connectivity index (χ3v) is 7.42. The topological polar surface area (TPSA) is 51.0 Å². The monoisotopic (exact) mass is 398 g/mol. The second-order valence-electron chi connectivity index (χ2n) is 7.94. The second-order valence-corrected chi connectivity index (χ2v) is 9.01. The molecule has 1 unspecified atom stereocenters. The summed E-state index contributed by atoms with van der Waals surface area (Å²) in [6, 6.07) is 4.80. The van der Waals surface area contributed by atoms with Gasteiger partial charge >= 0.3 is 0 Å². The molecule has 1 aromatic carbocycles. The largest absolute Gasteiger partial charge is 0.342 e. The van der Waals surface area contributed by atoms with Gasteiger partial charge in [-0.1, -0.05) is 0 Å². The van der Waals surface area contributed by atoms with Gasteiger partial charge in [-0.15, -0.1) is 11.3 Å². The first kappa shape index (κ1) is 17.8. The average molecular weight is 399 g/mol. The molecule has 0 radical (unpaired) electrons. The van der Waals surface area contributed by atoms with E-state index in [9.17, 15) is 9.18 Å². The first-order valence-corrected chi connectivity index (χ1v) is 10.7. The normalized spacial score (nSPS) is 20.5. The molecular weight excluding hydrogens is 375 g/mol. The number of halogens is 1. The molecule has 3 aromatic rings. The van der Waals surface area contributed by atoms with E-state index in [1.54, 1.807) is 17.4 Å². The Morgan fingerprint density at radius 1 is 1.25 bits per heavy atom. The molecule has 1 amide bonds. The van der Waals surface area contributed by atoms with Crippen LogP contribution in [-0.4, -0.2) is 38.7 Å². The van der Waals surface area contributed by atoms with E-state index in [0.29, 0.717) is 5.92 Å². The lowest BCUT2D eigenvalue weighted by atomic mass is 9.86. The number of benzene rings is 1. The molecule has 2 aromatic heterocycles. The molecule has 1 fully saturated rings. The Hall–Kier alpha value is -2.28. The van der Waals surface area contributed by atoms with E-state index in [4.69, 9.17) is 0 Å². The fourth-order valence-corrected chi connectivity index (χ4v) is 5.67. The summed E-state index contributed by atoms with van der Waals surface area (Å²) in [7, 11) is 1.96. The summed E-state index contributed by atoms with van der Waals surface area (Å²) in [6.07, 6.45) is 6.45. The first-order valence-electron chi connectivity index (χ1n) is 9.93. The summed E-state index contributed by atoms with van der Waals surface area (Å²) in [5.41, 5.74) is 3.24. The minimum absolute atomic E-state index is 0.0740. The van der Waals surface area contributed by atoms with E-state index < -0.39 is 0 Å². The minimum atomic E-state index is -0.242. The Kier molecular flexibility index (Phi) is 4.42. The molecule has 1 aliphatic carbocycles. The molecule has 5 rings (SSSR count). The summed E-state index contributed by atoms with van der Waals surface area (Å²) in [4.78, 5) is 19.7. The highest BCUT2D eigenvalue weighted by atomic mass is 32.1. The molecule has 1 aliphatic heterocycles. The van der Waals surface area contributed by atoms with Crippen LogP contribution in [0.4, 0.5) is 4.39 Å². The average Bonchev–Trinajstić information content (AvgIpc) is 3.30. The van der Waals surface area contributed by atoms with Crippen LogP contribution in [0.25, 0.3) is 10.2 Å². The molecule has 5 nitrogen and oxygen atoms in total. The van der Waals surface area contributed by atoms with E-state index in [0.717, 1.165) is 60.4 Å². The Balaban J connectivity index is 1.24. The maximum atomic E-state index is 13.4. The molecular formula is C21H23FN4OS. The quantitative estimate of drug-likeness (QED) is 0.662. The van der Waals surface area contributed by atoms with Crippen molar-refractivity contribution in [2.75, 3.05) is 13.1 Å². The number of thiazole rings is 1. The maximum Gasteiger partial charge on any atom is 0.226 e. The molecule has 7 heteroatoms. The maximum absolute atomic E-state index is 13.4. The van der Waals surface area contributed by atoms with E-state index >= 15 is 0 Å². The fraction of sp³-hybridized carbons (Fsp3) is 0.476. The lowest BCUT2D eigenvalue weighted by Gasteiger charge is -2.34. The van der Waals surface area contributed by atoms with Crippen LogP contribution in [0.5, 0.6) is 0 Å². The van der Waals surface area contributed by atoms with Crippen molar-refractivity contribution in [1.29, 1.82) is 0 Å². The van der Waals surface area contributed by atoms with Crippen LogP contribution in [0.15, 0.2) is 24.4 Å². The SMILES string of the molecule is Cn1ncc2c1CC(C(=O)N1CCC(c3nc4cc(F)ccc4s3)CC1)CC2. The first-order chi connectivity index (χ1) is 13.6. The highest BCUT2D eigenvalue weighted by Crippen LogP contribution is 2.35. The molecule has 1 atom stereocenters. The van der Waals surface area contributed by atoms with Crippen molar-refractivity contribution in [2.45, 2.75) is 38.0 Å². The second kappa shape index (κ2) is 6.95. The highest BCUT2D eigenvalue weighted by molar-refractivity contribution is 7.18. The molecule has 0 N–H and O–H groups in total. The van der Waals surface area contributed by atoms with Gasteiger partial charge in [0.15, 0.2) is 0 Å². The van der Waals surface area contributed by atoms with E-state index in [-0.39, 0.29) is 17.6 Å². The third kappa shape index (κ3) is 3.11. The summed E-state index contributed by atoms with van der Waals surface area (Å²) >= 11 is 1.65. The smallest absolute Gasteiger partial charge is 0.226 e. The lowest BCUT2D eigenvalue weighted by molar-refractivity contribution is -0.137. The zero-order valence-corrected chi connectivity index (χ0v) is 16.7. The van der Waals surface area contributed by atoms with Crippen LogP contribution >= 0.6 is 11.3 Å². The van der Waals surface area contributed by atoms with E-state index in [2.05, 4.69) is 10.1 Å². The predicted molar refractivity (Wildman–Crippen MR) is 107 cm³/mol. The van der Waals surface area contributed by atoms with Gasteiger partial charge in [-0.3, -0.25) is 9.48 Å². The Labute approximate surface area is 167 Å². The van der Waals surface area contributed by atoms with Crippen molar-refractivity contribution in [3.8, 4) is 0 Å². The minimum Gasteiger partial charge on any atom is -0.342 e. The number of rotatable bonds is 2. The number of nitrogens with zero attached hydrogens (tertiary/aromatic N) is 4. The van der Waals surface area contributed by atoms with Crippen molar-refractivity contribution in [1.82, 2.24) is 19.7 Å². The zero-order valence-electron chi connectivity index (χ0n) is 15.9. The number of piperidine rings is 1. The number of likely N-dealkylation sites (tertiary alicyclic amines) is 1. The number of aryl methyl sites for hydroxylation is 2. The van der Waals surface area contributed by atoms with Crippen LogP contribution in [0.1, 0.15) is 41.4 Å². The number of fused-ring (bicyclic) bond motifs is 2. The molecule has 3 heterocycles. The van der Waals surface area contributed by atoms with Gasteiger partial charge in [-0.2, -0.15) is 5.10 Å². The van der Waals surface area contributed by atoms with Gasteiger partial charge in [-0.05, 0) is 43.4 Å². The van der Waals surface area contributed by atoms with E-state index in [1.807, 2.05) is 22.8 Å². The van der Waals surface area contributed by atoms with Crippen molar-refractivity contribution < 1.29 is 9.18 Å². The Morgan fingerprint density at radius 3 is 2.89 bits per heavy atom. The van der Waals surface area contributed by atoms with Crippen molar-refractivity contribution in [3.05, 3.63) is 46.5 Å². The van der Waals surface area contributed by atoms with Crippen molar-refractivity contribution in [3.63, 3.8) is 0 Å². The molecule has 0 saturated carbocycles. The van der Waals surface area contributed by atoms with E-state index in [1.165, 1.54) is 23.4 Å². The van der Waals surface area contributed by atoms with Crippen LogP contribution in [0.2, 0.25) is 0 Å².